The van der Waals surface area contributed by atoms with Gasteiger partial charge in [-0.3, -0.25) is 9.59 Å². The van der Waals surface area contributed by atoms with Crippen LogP contribution in [0.2, 0.25) is 0 Å². The Morgan fingerprint density at radius 2 is 2.03 bits per heavy atom. The summed E-state index contributed by atoms with van der Waals surface area (Å²) < 4.78 is 15.6. The zero-order valence-electron chi connectivity index (χ0n) is 15.5. The molecule has 0 saturated carbocycles. The number of halogens is 1. The number of benzene rings is 1. The van der Waals surface area contributed by atoms with Crippen LogP contribution in [0, 0.1) is 12.7 Å². The molecule has 0 radical (unpaired) electrons. The summed E-state index contributed by atoms with van der Waals surface area (Å²) in [6, 6.07) is 4.07. The lowest BCUT2D eigenvalue weighted by Crippen LogP contribution is -2.44. The molecule has 1 spiro atoms. The molecule has 0 unspecified atom stereocenters. The summed E-state index contributed by atoms with van der Waals surface area (Å²) in [4.78, 5) is 41.4. The van der Waals surface area contributed by atoms with Gasteiger partial charge in [0.05, 0.1) is 12.0 Å². The van der Waals surface area contributed by atoms with Gasteiger partial charge in [0, 0.05) is 17.7 Å². The molecule has 1 atom stereocenters. The van der Waals surface area contributed by atoms with E-state index in [1.807, 2.05) is 0 Å². The number of carbonyl (C=O) groups is 2. The molecule has 11 heteroatoms. The van der Waals surface area contributed by atoms with Gasteiger partial charge < -0.3 is 15.6 Å². The quantitative estimate of drug-likeness (QED) is 0.441. The van der Waals surface area contributed by atoms with Crippen LogP contribution >= 0.6 is 0 Å². The predicted molar refractivity (Wildman–Crippen MR) is 103 cm³/mol. The first-order chi connectivity index (χ1) is 14.5. The van der Waals surface area contributed by atoms with E-state index in [-0.39, 0.29) is 12.3 Å². The number of anilines is 2. The van der Waals surface area contributed by atoms with E-state index in [1.54, 1.807) is 6.92 Å². The first kappa shape index (κ1) is 16.8. The number of aryl methyl sites for hydroxylation is 1. The Kier molecular flexibility index (Phi) is 3.06. The third-order valence-corrected chi connectivity index (χ3v) is 5.65. The average molecular weight is 404 g/mol. The summed E-state index contributed by atoms with van der Waals surface area (Å²) in [5.74, 6) is -0.582. The third kappa shape index (κ3) is 1.95. The summed E-state index contributed by atoms with van der Waals surface area (Å²) in [6.45, 7) is 1.74. The van der Waals surface area contributed by atoms with E-state index < -0.39 is 17.1 Å². The maximum Gasteiger partial charge on any atom is 0.240 e. The molecule has 0 bridgehead atoms. The van der Waals surface area contributed by atoms with Crippen molar-refractivity contribution < 1.29 is 14.0 Å². The molecule has 2 aliphatic heterocycles. The molecule has 4 aromatic rings. The predicted octanol–water partition coefficient (Wildman–Crippen LogP) is 1.57. The Bertz CT molecular complexity index is 1410. The summed E-state index contributed by atoms with van der Waals surface area (Å²) >= 11 is 0. The maximum absolute atomic E-state index is 14.1. The van der Waals surface area contributed by atoms with Gasteiger partial charge in [-0.1, -0.05) is 0 Å². The second-order valence-electron chi connectivity index (χ2n) is 7.29. The molecular weight excluding hydrogens is 391 g/mol. The Hall–Kier alpha value is -4.15. The first-order valence-electron chi connectivity index (χ1n) is 9.15. The van der Waals surface area contributed by atoms with Crippen LogP contribution in [-0.2, 0) is 15.0 Å². The van der Waals surface area contributed by atoms with Gasteiger partial charge in [0.2, 0.25) is 11.8 Å². The van der Waals surface area contributed by atoms with Gasteiger partial charge in [-0.15, -0.1) is 0 Å². The largest absolute Gasteiger partial charge is 0.340 e. The Morgan fingerprint density at radius 3 is 2.90 bits per heavy atom. The molecule has 2 amide bonds. The number of carbonyl (C=O) groups excluding carboxylic acids is 2. The van der Waals surface area contributed by atoms with Gasteiger partial charge in [0.15, 0.2) is 11.5 Å². The molecule has 2 aliphatic rings. The van der Waals surface area contributed by atoms with Gasteiger partial charge in [0.1, 0.15) is 28.9 Å². The van der Waals surface area contributed by atoms with Crippen LogP contribution in [0.4, 0.5) is 15.9 Å². The number of aromatic nitrogens is 6. The highest BCUT2D eigenvalue weighted by atomic mass is 19.1. The highest BCUT2D eigenvalue weighted by molar-refractivity contribution is 6.15. The molecule has 5 heterocycles. The molecule has 148 valence electrons. The van der Waals surface area contributed by atoms with Crippen LogP contribution < -0.4 is 10.6 Å². The maximum atomic E-state index is 14.1. The van der Waals surface area contributed by atoms with Crippen LogP contribution in [-0.4, -0.2) is 41.5 Å². The number of nitrogens with one attached hydrogen (secondary N) is 3. The minimum atomic E-state index is -1.38. The van der Waals surface area contributed by atoms with Crippen molar-refractivity contribution in [2.24, 2.45) is 0 Å². The molecule has 0 saturated heterocycles. The summed E-state index contributed by atoms with van der Waals surface area (Å²) in [5.41, 5.74) is 1.51. The van der Waals surface area contributed by atoms with E-state index in [0.717, 1.165) is 0 Å². The zero-order valence-corrected chi connectivity index (χ0v) is 15.5. The highest BCUT2D eigenvalue weighted by Crippen LogP contribution is 2.51. The minimum Gasteiger partial charge on any atom is -0.340 e. The molecule has 6 rings (SSSR count). The van der Waals surface area contributed by atoms with Crippen LogP contribution in [0.15, 0.2) is 30.9 Å². The Labute approximate surface area is 167 Å². The lowest BCUT2D eigenvalue weighted by atomic mass is 9.70. The van der Waals surface area contributed by atoms with Crippen molar-refractivity contribution >= 4 is 34.5 Å². The molecule has 1 aromatic carbocycles. The van der Waals surface area contributed by atoms with Crippen molar-refractivity contribution in [1.29, 1.82) is 0 Å². The Balaban J connectivity index is 1.68. The van der Waals surface area contributed by atoms with Crippen LogP contribution in [0.3, 0.4) is 0 Å². The lowest BCUT2D eigenvalue weighted by molar-refractivity contribution is -0.125. The SMILES string of the molecule is Cc1nn(-c2ncnc3nc[nH]c23)c2c1[C@]1(CC(=O)N2)C(=O)Nc2ccc(F)cc21. The molecule has 0 aliphatic carbocycles. The first-order valence-corrected chi connectivity index (χ1v) is 9.15. The highest BCUT2D eigenvalue weighted by Gasteiger charge is 2.55. The summed E-state index contributed by atoms with van der Waals surface area (Å²) in [6.07, 6.45) is 2.67. The van der Waals surface area contributed by atoms with Crippen LogP contribution in [0.25, 0.3) is 17.0 Å². The summed E-state index contributed by atoms with van der Waals surface area (Å²) in [7, 11) is 0. The summed E-state index contributed by atoms with van der Waals surface area (Å²) in [5, 5.41) is 10.2. The number of aromatic amines is 1. The van der Waals surface area contributed by atoms with E-state index in [1.165, 1.54) is 35.5 Å². The fourth-order valence-corrected chi connectivity index (χ4v) is 4.48. The van der Waals surface area contributed by atoms with E-state index in [9.17, 15) is 14.0 Å². The minimum absolute atomic E-state index is 0.155. The number of amides is 2. The van der Waals surface area contributed by atoms with Gasteiger partial charge in [-0.2, -0.15) is 9.78 Å². The average Bonchev–Trinajstić information content (AvgIpc) is 3.39. The third-order valence-electron chi connectivity index (χ3n) is 5.65. The van der Waals surface area contributed by atoms with Gasteiger partial charge in [-0.25, -0.2) is 19.3 Å². The second kappa shape index (κ2) is 5.47. The molecule has 10 nitrogen and oxygen atoms in total. The van der Waals surface area contributed by atoms with Crippen molar-refractivity contribution in [2.75, 3.05) is 10.6 Å². The standard InChI is InChI=1S/C19H13FN8O2/c1-8-13-16(28(27-8)17-14-15(22-6-21-14)23-7-24-17)26-12(29)5-19(13)10-4-9(20)2-3-11(10)25-18(19)30/h2-4,6-7H,5H2,1H3,(H,25,30)(H,26,29)(H,21,22,23,24)/t19-/m1/s1. The number of hydrogen-bond acceptors (Lipinski definition) is 6. The monoisotopic (exact) mass is 404 g/mol. The van der Waals surface area contributed by atoms with Crippen molar-refractivity contribution in [2.45, 2.75) is 18.8 Å². The van der Waals surface area contributed by atoms with Crippen LogP contribution in [0.1, 0.15) is 23.2 Å². The van der Waals surface area contributed by atoms with E-state index in [0.29, 0.717) is 45.3 Å². The lowest BCUT2D eigenvalue weighted by Gasteiger charge is -2.32. The topological polar surface area (TPSA) is 130 Å². The van der Waals surface area contributed by atoms with Crippen molar-refractivity contribution in [3.8, 4) is 5.82 Å². The van der Waals surface area contributed by atoms with Crippen LogP contribution in [0.5, 0.6) is 0 Å². The number of H-pyrrole nitrogens is 1. The van der Waals surface area contributed by atoms with Gasteiger partial charge in [0.25, 0.3) is 0 Å². The number of nitrogens with zero attached hydrogens (tertiary/aromatic N) is 5. The molecule has 3 N–H and O–H groups in total. The van der Waals surface area contributed by atoms with Crippen molar-refractivity contribution in [3.05, 3.63) is 53.5 Å². The fourth-order valence-electron chi connectivity index (χ4n) is 4.48. The second-order valence-corrected chi connectivity index (χ2v) is 7.29. The number of rotatable bonds is 1. The smallest absolute Gasteiger partial charge is 0.240 e. The normalized spacial score (nSPS) is 19.7. The van der Waals surface area contributed by atoms with Gasteiger partial charge >= 0.3 is 0 Å². The molecule has 0 fully saturated rings. The molecule has 3 aromatic heterocycles. The molecule has 30 heavy (non-hydrogen) atoms. The zero-order chi connectivity index (χ0) is 20.6. The number of imidazole rings is 1. The van der Waals surface area contributed by atoms with E-state index >= 15 is 0 Å². The van der Waals surface area contributed by atoms with Crippen molar-refractivity contribution in [3.63, 3.8) is 0 Å². The fraction of sp³-hybridized carbons (Fsp3) is 0.158. The van der Waals surface area contributed by atoms with E-state index in [2.05, 4.69) is 35.7 Å². The van der Waals surface area contributed by atoms with Crippen molar-refractivity contribution in [1.82, 2.24) is 29.7 Å². The Morgan fingerprint density at radius 1 is 1.17 bits per heavy atom. The van der Waals surface area contributed by atoms with Gasteiger partial charge in [-0.05, 0) is 30.7 Å². The molecular formula is C19H13FN8O2. The number of fused-ring (bicyclic) bond motifs is 5. The van der Waals surface area contributed by atoms with E-state index in [4.69, 9.17) is 0 Å². The number of hydrogen-bond donors (Lipinski definition) is 3.